The van der Waals surface area contributed by atoms with Gasteiger partial charge in [0, 0.05) is 18.5 Å². The molecular weight excluding hydrogens is 505 g/mol. The van der Waals surface area contributed by atoms with Crippen molar-refractivity contribution in [3.05, 3.63) is 137 Å². The number of hydrogen-bond donors (Lipinski definition) is 3. The van der Waals surface area contributed by atoms with E-state index in [2.05, 4.69) is 15.6 Å². The highest BCUT2D eigenvalue weighted by atomic mass is 19.1. The Morgan fingerprint density at radius 3 is 2.40 bits per heavy atom. The van der Waals surface area contributed by atoms with E-state index in [0.29, 0.717) is 31.0 Å². The van der Waals surface area contributed by atoms with Crippen molar-refractivity contribution >= 4 is 5.91 Å². The lowest BCUT2D eigenvalue weighted by Crippen LogP contribution is -2.34. The monoisotopic (exact) mass is 533 g/mol. The van der Waals surface area contributed by atoms with E-state index in [-0.39, 0.29) is 5.56 Å². The molecule has 1 aliphatic carbocycles. The van der Waals surface area contributed by atoms with E-state index < -0.39 is 23.9 Å². The zero-order valence-corrected chi connectivity index (χ0v) is 21.7. The number of aliphatic hydroxyl groups is 1. The minimum Gasteiger partial charge on any atom is -0.440 e. The normalized spacial score (nSPS) is 16.1. The number of rotatable bonds is 8. The van der Waals surface area contributed by atoms with Crippen LogP contribution in [0.1, 0.15) is 38.9 Å². The zero-order chi connectivity index (χ0) is 27.5. The van der Waals surface area contributed by atoms with Crippen molar-refractivity contribution in [3.63, 3.8) is 0 Å². The second-order valence-electron chi connectivity index (χ2n) is 9.92. The number of benzene rings is 4. The van der Waals surface area contributed by atoms with Crippen molar-refractivity contribution < 1.29 is 18.7 Å². The molecule has 0 saturated carbocycles. The summed E-state index contributed by atoms with van der Waals surface area (Å²) in [5, 5.41) is 17.0. The smallest absolute Gasteiger partial charge is 0.254 e. The van der Waals surface area contributed by atoms with E-state index in [1.807, 2.05) is 78.9 Å². The molecule has 6 rings (SSSR count). The molecule has 1 aromatic heterocycles. The van der Waals surface area contributed by atoms with Gasteiger partial charge in [-0.15, -0.1) is 0 Å². The molecule has 4 aromatic carbocycles. The summed E-state index contributed by atoms with van der Waals surface area (Å²) in [6.07, 6.45) is 1.34. The summed E-state index contributed by atoms with van der Waals surface area (Å²) in [6, 6.07) is 29.1. The average molecular weight is 534 g/mol. The molecule has 5 aromatic rings. The minimum atomic E-state index is -0.792. The fraction of sp³-hybridized carbons (Fsp3) is 0.152. The van der Waals surface area contributed by atoms with E-state index in [0.717, 1.165) is 33.6 Å². The standard InChI is InChI=1S/C33H28FN3O3/c34-29-16-24(22-7-3-1-4-8-22)13-14-27(29)32(39)37-31-28-15-21(11-12-25(28)17-30(31)38)18-35-19-26-20-36-33(40-26)23-9-5-2-6-10-23/h1-16,20,30-31,35,38H,17-19H2,(H,37,39)/t30-,31-/m1/s1. The number of carbonyl (C=O) groups excluding carboxylic acids is 1. The molecule has 0 fully saturated rings. The van der Waals surface area contributed by atoms with Gasteiger partial charge in [0.25, 0.3) is 5.91 Å². The number of fused-ring (bicyclic) bond motifs is 1. The first kappa shape index (κ1) is 25.7. The Hall–Kier alpha value is -4.59. The highest BCUT2D eigenvalue weighted by molar-refractivity contribution is 5.95. The number of oxazole rings is 1. The number of carbonyl (C=O) groups is 1. The Morgan fingerprint density at radius 1 is 0.900 bits per heavy atom. The van der Waals surface area contributed by atoms with Gasteiger partial charge in [0.1, 0.15) is 11.6 Å². The van der Waals surface area contributed by atoms with Crippen molar-refractivity contribution in [2.45, 2.75) is 31.7 Å². The van der Waals surface area contributed by atoms with E-state index >= 15 is 0 Å². The minimum absolute atomic E-state index is 0.0555. The van der Waals surface area contributed by atoms with Gasteiger partial charge in [-0.05, 0) is 52.1 Å². The Labute approximate surface area is 231 Å². The van der Waals surface area contributed by atoms with Crippen LogP contribution < -0.4 is 10.6 Å². The Bertz CT molecular complexity index is 1640. The predicted octanol–water partition coefficient (Wildman–Crippen LogP) is 5.83. The maximum absolute atomic E-state index is 15.0. The van der Waals surface area contributed by atoms with Crippen LogP contribution in [0.25, 0.3) is 22.6 Å². The van der Waals surface area contributed by atoms with Crippen molar-refractivity contribution in [2.75, 3.05) is 0 Å². The van der Waals surface area contributed by atoms with Crippen LogP contribution in [-0.2, 0) is 19.5 Å². The molecule has 0 bridgehead atoms. The summed E-state index contributed by atoms with van der Waals surface area (Å²) in [7, 11) is 0. The molecule has 1 heterocycles. The molecule has 6 nitrogen and oxygen atoms in total. The maximum Gasteiger partial charge on any atom is 0.254 e. The van der Waals surface area contributed by atoms with Crippen molar-refractivity contribution in [2.24, 2.45) is 0 Å². The summed E-state index contributed by atoms with van der Waals surface area (Å²) in [5.74, 6) is 0.138. The van der Waals surface area contributed by atoms with Gasteiger partial charge in [-0.25, -0.2) is 9.37 Å². The summed E-state index contributed by atoms with van der Waals surface area (Å²) in [5.41, 5.74) is 5.23. The fourth-order valence-corrected chi connectivity index (χ4v) is 5.12. The number of halogens is 1. The molecular formula is C33H28FN3O3. The van der Waals surface area contributed by atoms with Gasteiger partial charge < -0.3 is 20.2 Å². The number of nitrogens with zero attached hydrogens (tertiary/aromatic N) is 1. The largest absolute Gasteiger partial charge is 0.440 e. The number of amides is 1. The third-order valence-corrected chi connectivity index (χ3v) is 7.17. The van der Waals surface area contributed by atoms with Gasteiger partial charge in [-0.2, -0.15) is 0 Å². The molecule has 0 radical (unpaired) electrons. The van der Waals surface area contributed by atoms with Gasteiger partial charge in [-0.3, -0.25) is 4.79 Å². The van der Waals surface area contributed by atoms with Crippen LogP contribution in [0.2, 0.25) is 0 Å². The van der Waals surface area contributed by atoms with Gasteiger partial charge in [-0.1, -0.05) is 72.8 Å². The Balaban J connectivity index is 1.11. The fourth-order valence-electron chi connectivity index (χ4n) is 5.12. The van der Waals surface area contributed by atoms with Gasteiger partial charge in [0.15, 0.2) is 0 Å². The average Bonchev–Trinajstić information content (AvgIpc) is 3.58. The highest BCUT2D eigenvalue weighted by Gasteiger charge is 2.33. The molecule has 0 saturated heterocycles. The molecule has 2 atom stereocenters. The van der Waals surface area contributed by atoms with Crippen LogP contribution in [0.3, 0.4) is 0 Å². The number of hydrogen-bond acceptors (Lipinski definition) is 5. The summed E-state index contributed by atoms with van der Waals surface area (Å²) in [4.78, 5) is 17.4. The second-order valence-corrected chi connectivity index (χ2v) is 9.92. The van der Waals surface area contributed by atoms with E-state index in [9.17, 15) is 14.3 Å². The van der Waals surface area contributed by atoms with Gasteiger partial charge >= 0.3 is 0 Å². The van der Waals surface area contributed by atoms with Crippen molar-refractivity contribution in [3.8, 4) is 22.6 Å². The van der Waals surface area contributed by atoms with Crippen molar-refractivity contribution in [1.29, 1.82) is 0 Å². The molecule has 0 spiro atoms. The molecule has 7 heteroatoms. The van der Waals surface area contributed by atoms with Crippen LogP contribution in [0, 0.1) is 5.82 Å². The van der Waals surface area contributed by atoms with Crippen LogP contribution in [0.15, 0.2) is 108 Å². The topological polar surface area (TPSA) is 87.4 Å². The molecule has 200 valence electrons. The molecule has 1 amide bonds. The van der Waals surface area contributed by atoms with Crippen LogP contribution in [-0.4, -0.2) is 22.1 Å². The first-order valence-corrected chi connectivity index (χ1v) is 13.2. The SMILES string of the molecule is O=C(N[C@@H]1c2cc(CNCc3cnc(-c4ccccc4)o3)ccc2C[C@H]1O)c1ccc(-c2ccccc2)cc1F. The van der Waals surface area contributed by atoms with E-state index in [1.165, 1.54) is 12.1 Å². The quantitative estimate of drug-likeness (QED) is 0.234. The first-order chi connectivity index (χ1) is 19.5. The third kappa shape index (κ3) is 5.43. The van der Waals surface area contributed by atoms with Crippen molar-refractivity contribution in [1.82, 2.24) is 15.6 Å². The summed E-state index contributed by atoms with van der Waals surface area (Å²) < 4.78 is 20.8. The van der Waals surface area contributed by atoms with E-state index in [4.69, 9.17) is 4.42 Å². The lowest BCUT2D eigenvalue weighted by atomic mass is 10.0. The summed E-state index contributed by atoms with van der Waals surface area (Å²) >= 11 is 0. The maximum atomic E-state index is 15.0. The number of nitrogens with one attached hydrogen (secondary N) is 2. The molecule has 1 aliphatic rings. The molecule has 0 aliphatic heterocycles. The molecule has 3 N–H and O–H groups in total. The van der Waals surface area contributed by atoms with Gasteiger partial charge in [0.2, 0.25) is 5.89 Å². The Morgan fingerprint density at radius 2 is 1.65 bits per heavy atom. The zero-order valence-electron chi connectivity index (χ0n) is 21.7. The van der Waals surface area contributed by atoms with Crippen LogP contribution in [0.5, 0.6) is 0 Å². The third-order valence-electron chi connectivity index (χ3n) is 7.17. The van der Waals surface area contributed by atoms with Gasteiger partial charge in [0.05, 0.1) is 30.5 Å². The van der Waals surface area contributed by atoms with E-state index in [1.54, 1.807) is 12.3 Å². The lowest BCUT2D eigenvalue weighted by Gasteiger charge is -2.19. The number of aliphatic hydroxyl groups excluding tert-OH is 1. The highest BCUT2D eigenvalue weighted by Crippen LogP contribution is 2.33. The van der Waals surface area contributed by atoms with Crippen LogP contribution in [0.4, 0.5) is 4.39 Å². The molecule has 0 unspecified atom stereocenters. The summed E-state index contributed by atoms with van der Waals surface area (Å²) in [6.45, 7) is 1.05. The second kappa shape index (κ2) is 11.3. The first-order valence-electron chi connectivity index (χ1n) is 13.2. The molecule has 40 heavy (non-hydrogen) atoms. The predicted molar refractivity (Wildman–Crippen MR) is 151 cm³/mol. The number of aromatic nitrogens is 1. The Kier molecular flexibility index (Phi) is 7.23. The van der Waals surface area contributed by atoms with Crippen LogP contribution >= 0.6 is 0 Å². The lowest BCUT2D eigenvalue weighted by molar-refractivity contribution is 0.0854.